The van der Waals surface area contributed by atoms with Crippen LogP contribution in [0.25, 0.3) is 0 Å². The average molecular weight is 386 g/mol. The first-order valence-electron chi connectivity index (χ1n) is 9.03. The molecule has 8 heteroatoms. The molecule has 1 saturated heterocycles. The van der Waals surface area contributed by atoms with Crippen molar-refractivity contribution in [3.05, 3.63) is 47.3 Å². The molecule has 2 aliphatic rings. The van der Waals surface area contributed by atoms with Gasteiger partial charge in [0.15, 0.2) is 9.84 Å². The van der Waals surface area contributed by atoms with Gasteiger partial charge in [0, 0.05) is 31.0 Å². The van der Waals surface area contributed by atoms with Crippen molar-refractivity contribution in [3.63, 3.8) is 0 Å². The molecule has 1 aromatic carbocycles. The van der Waals surface area contributed by atoms with E-state index in [0.717, 1.165) is 17.7 Å². The molecule has 1 amide bonds. The summed E-state index contributed by atoms with van der Waals surface area (Å²) >= 11 is 0. The number of benzene rings is 1. The van der Waals surface area contributed by atoms with E-state index in [1.54, 1.807) is 22.9 Å². The molecule has 1 aromatic heterocycles. The molecule has 4 rings (SSSR count). The first-order valence-corrected chi connectivity index (χ1v) is 10.8. The summed E-state index contributed by atoms with van der Waals surface area (Å²) in [6.45, 7) is 2.45. The van der Waals surface area contributed by atoms with Crippen molar-refractivity contribution in [2.24, 2.45) is 0 Å². The van der Waals surface area contributed by atoms with Crippen LogP contribution in [0.1, 0.15) is 28.2 Å². The lowest BCUT2D eigenvalue weighted by Crippen LogP contribution is -2.35. The summed E-state index contributed by atoms with van der Waals surface area (Å²) in [4.78, 5) is 25.5. The number of amides is 1. The van der Waals surface area contributed by atoms with E-state index in [1.807, 2.05) is 31.2 Å². The monoisotopic (exact) mass is 386 g/mol. The lowest BCUT2D eigenvalue weighted by molar-refractivity contribution is 0.0984. The Bertz CT molecular complexity index is 1010. The van der Waals surface area contributed by atoms with E-state index in [-0.39, 0.29) is 23.5 Å². The van der Waals surface area contributed by atoms with Crippen LogP contribution >= 0.6 is 0 Å². The van der Waals surface area contributed by atoms with Crippen molar-refractivity contribution >= 4 is 27.4 Å². The van der Waals surface area contributed by atoms with Crippen LogP contribution < -0.4 is 9.80 Å². The van der Waals surface area contributed by atoms with Gasteiger partial charge in [-0.1, -0.05) is 18.2 Å². The number of carbonyl (C=O) groups excluding carboxylic acids is 1. The molecule has 1 atom stereocenters. The standard InChI is InChI=1S/C19H22N4O3S/c1-13-11-16(18(24)23-9-7-14-5-3-4-6-17(14)23)21-19(20-13)22(2)15-8-10-27(25,26)12-15/h3-6,11,15H,7-10,12H2,1-2H3. The molecule has 27 heavy (non-hydrogen) atoms. The van der Waals surface area contributed by atoms with Crippen LogP contribution in [-0.2, 0) is 16.3 Å². The number of fused-ring (bicyclic) bond motifs is 1. The molecular formula is C19H22N4O3S. The average Bonchev–Trinajstić information content (AvgIpc) is 3.23. The van der Waals surface area contributed by atoms with Gasteiger partial charge in [-0.25, -0.2) is 18.4 Å². The molecule has 3 heterocycles. The Labute approximate surface area is 159 Å². The molecule has 0 bridgehead atoms. The van der Waals surface area contributed by atoms with Crippen LogP contribution in [0.5, 0.6) is 0 Å². The fraction of sp³-hybridized carbons (Fsp3) is 0.421. The van der Waals surface area contributed by atoms with Crippen LogP contribution in [-0.4, -0.2) is 55.4 Å². The Hall–Kier alpha value is -2.48. The second-order valence-corrected chi connectivity index (χ2v) is 9.43. The minimum absolute atomic E-state index is 0.101. The third-order valence-corrected chi connectivity index (χ3v) is 7.02. The molecule has 2 aromatic rings. The normalized spacial score (nSPS) is 20.5. The van der Waals surface area contributed by atoms with Crippen LogP contribution in [0.2, 0.25) is 0 Å². The number of hydrogen-bond acceptors (Lipinski definition) is 6. The van der Waals surface area contributed by atoms with Gasteiger partial charge >= 0.3 is 0 Å². The zero-order valence-corrected chi connectivity index (χ0v) is 16.2. The van der Waals surface area contributed by atoms with Crippen LogP contribution in [0.4, 0.5) is 11.6 Å². The molecule has 142 valence electrons. The second-order valence-electron chi connectivity index (χ2n) is 7.20. The number of aromatic nitrogens is 2. The first kappa shape index (κ1) is 17.9. The molecule has 1 fully saturated rings. The number of sulfone groups is 1. The third kappa shape index (κ3) is 3.41. The Morgan fingerprint density at radius 3 is 2.78 bits per heavy atom. The Kier molecular flexibility index (Phi) is 4.38. The summed E-state index contributed by atoms with van der Waals surface area (Å²) in [6.07, 6.45) is 1.39. The highest BCUT2D eigenvalue weighted by molar-refractivity contribution is 7.91. The van der Waals surface area contributed by atoms with Crippen molar-refractivity contribution in [2.75, 3.05) is 34.9 Å². The number of anilines is 2. The van der Waals surface area contributed by atoms with Crippen LogP contribution in [0.3, 0.4) is 0 Å². The van der Waals surface area contributed by atoms with Crippen LogP contribution in [0.15, 0.2) is 30.3 Å². The van der Waals surface area contributed by atoms with E-state index in [9.17, 15) is 13.2 Å². The Morgan fingerprint density at radius 1 is 1.26 bits per heavy atom. The van der Waals surface area contributed by atoms with Gasteiger partial charge in [0.05, 0.1) is 11.5 Å². The lowest BCUT2D eigenvalue weighted by atomic mass is 10.2. The Balaban J connectivity index is 1.62. The third-order valence-electron chi connectivity index (χ3n) is 5.27. The van der Waals surface area contributed by atoms with Gasteiger partial charge in [0.2, 0.25) is 5.95 Å². The maximum atomic E-state index is 13.1. The molecule has 0 radical (unpaired) electrons. The highest BCUT2D eigenvalue weighted by Gasteiger charge is 2.33. The maximum Gasteiger partial charge on any atom is 0.277 e. The van der Waals surface area contributed by atoms with Gasteiger partial charge in [-0.05, 0) is 37.5 Å². The predicted molar refractivity (Wildman–Crippen MR) is 104 cm³/mol. The van der Waals surface area contributed by atoms with Gasteiger partial charge < -0.3 is 9.80 Å². The molecular weight excluding hydrogens is 364 g/mol. The van der Waals surface area contributed by atoms with E-state index in [4.69, 9.17) is 0 Å². The van der Waals surface area contributed by atoms with Crippen molar-refractivity contribution < 1.29 is 13.2 Å². The van der Waals surface area contributed by atoms with Crippen molar-refractivity contribution in [3.8, 4) is 0 Å². The van der Waals surface area contributed by atoms with Gasteiger partial charge in [0.1, 0.15) is 5.69 Å². The largest absolute Gasteiger partial charge is 0.340 e. The van der Waals surface area contributed by atoms with E-state index >= 15 is 0 Å². The number of carbonyl (C=O) groups is 1. The zero-order valence-electron chi connectivity index (χ0n) is 15.4. The van der Waals surface area contributed by atoms with Gasteiger partial charge in [0.25, 0.3) is 5.91 Å². The molecule has 7 nitrogen and oxygen atoms in total. The minimum atomic E-state index is -3.00. The number of para-hydroxylation sites is 1. The number of rotatable bonds is 3. The van der Waals surface area contributed by atoms with Crippen molar-refractivity contribution in [1.29, 1.82) is 0 Å². The van der Waals surface area contributed by atoms with Gasteiger partial charge in [-0.3, -0.25) is 4.79 Å². The van der Waals surface area contributed by atoms with E-state index in [2.05, 4.69) is 9.97 Å². The van der Waals surface area contributed by atoms with E-state index in [1.165, 1.54) is 0 Å². The lowest BCUT2D eigenvalue weighted by Gasteiger charge is -2.24. The Morgan fingerprint density at radius 2 is 2.04 bits per heavy atom. The smallest absolute Gasteiger partial charge is 0.277 e. The maximum absolute atomic E-state index is 13.1. The van der Waals surface area contributed by atoms with Crippen LogP contribution in [0, 0.1) is 6.92 Å². The minimum Gasteiger partial charge on any atom is -0.340 e. The summed E-state index contributed by atoms with van der Waals surface area (Å²) < 4.78 is 23.6. The molecule has 2 aliphatic heterocycles. The number of aryl methyl sites for hydroxylation is 1. The number of nitrogens with zero attached hydrogens (tertiary/aromatic N) is 4. The quantitative estimate of drug-likeness (QED) is 0.797. The van der Waals surface area contributed by atoms with E-state index in [0.29, 0.717) is 30.3 Å². The summed E-state index contributed by atoms with van der Waals surface area (Å²) in [5.41, 5.74) is 3.10. The zero-order chi connectivity index (χ0) is 19.2. The van der Waals surface area contributed by atoms with E-state index < -0.39 is 9.84 Å². The molecule has 0 N–H and O–H groups in total. The molecule has 0 aliphatic carbocycles. The fourth-order valence-corrected chi connectivity index (χ4v) is 5.53. The molecule has 1 unspecified atom stereocenters. The summed E-state index contributed by atoms with van der Waals surface area (Å²) in [5, 5.41) is 0. The first-order chi connectivity index (χ1) is 12.8. The SMILES string of the molecule is Cc1cc(C(=O)N2CCc3ccccc32)nc(N(C)C2CCS(=O)(=O)C2)n1. The summed E-state index contributed by atoms with van der Waals surface area (Å²) in [6, 6.07) is 9.41. The number of hydrogen-bond donors (Lipinski definition) is 0. The fourth-order valence-electron chi connectivity index (χ4n) is 3.75. The summed E-state index contributed by atoms with van der Waals surface area (Å²) in [5.74, 6) is 0.528. The topological polar surface area (TPSA) is 83.5 Å². The van der Waals surface area contributed by atoms with Crippen molar-refractivity contribution in [2.45, 2.75) is 25.8 Å². The van der Waals surface area contributed by atoms with Gasteiger partial charge in [-0.15, -0.1) is 0 Å². The second kappa shape index (κ2) is 6.60. The predicted octanol–water partition coefficient (Wildman–Crippen LogP) is 1.61. The summed E-state index contributed by atoms with van der Waals surface area (Å²) in [7, 11) is -1.21. The van der Waals surface area contributed by atoms with Gasteiger partial charge in [-0.2, -0.15) is 0 Å². The highest BCUT2D eigenvalue weighted by atomic mass is 32.2. The van der Waals surface area contributed by atoms with Crippen molar-refractivity contribution in [1.82, 2.24) is 9.97 Å². The molecule has 0 spiro atoms. The highest BCUT2D eigenvalue weighted by Crippen LogP contribution is 2.29. The molecule has 0 saturated carbocycles.